The van der Waals surface area contributed by atoms with Crippen molar-refractivity contribution in [1.82, 2.24) is 0 Å². The van der Waals surface area contributed by atoms with Crippen molar-refractivity contribution < 1.29 is 14.3 Å². The van der Waals surface area contributed by atoms with E-state index in [1.54, 1.807) is 25.1 Å². The number of esters is 1. The van der Waals surface area contributed by atoms with Gasteiger partial charge in [-0.05, 0) is 56.2 Å². The van der Waals surface area contributed by atoms with Crippen molar-refractivity contribution >= 4 is 23.6 Å². The largest absolute Gasteiger partial charge is 0.463 e. The molecular formula is C20H21NO3. The third-order valence-electron chi connectivity index (χ3n) is 3.49. The molecule has 0 fully saturated rings. The molecule has 0 bridgehead atoms. The lowest BCUT2D eigenvalue weighted by molar-refractivity contribution is -0.137. The van der Waals surface area contributed by atoms with Gasteiger partial charge in [0.25, 0.3) is 5.91 Å². The van der Waals surface area contributed by atoms with Crippen LogP contribution in [0.25, 0.3) is 6.08 Å². The molecule has 1 amide bonds. The van der Waals surface area contributed by atoms with Gasteiger partial charge in [-0.3, -0.25) is 4.79 Å². The van der Waals surface area contributed by atoms with Gasteiger partial charge in [-0.25, -0.2) is 4.79 Å². The van der Waals surface area contributed by atoms with Gasteiger partial charge in [0, 0.05) is 17.3 Å². The van der Waals surface area contributed by atoms with Crippen molar-refractivity contribution in [1.29, 1.82) is 0 Å². The van der Waals surface area contributed by atoms with Crippen LogP contribution < -0.4 is 5.32 Å². The molecule has 0 aromatic heterocycles. The number of carbonyl (C=O) groups is 2. The van der Waals surface area contributed by atoms with E-state index >= 15 is 0 Å². The summed E-state index contributed by atoms with van der Waals surface area (Å²) in [6, 6.07) is 13.0. The van der Waals surface area contributed by atoms with E-state index in [2.05, 4.69) is 5.32 Å². The Kier molecular flexibility index (Phi) is 5.90. The number of anilines is 1. The molecule has 0 heterocycles. The molecule has 0 radical (unpaired) electrons. The molecule has 0 saturated heterocycles. The Hall–Kier alpha value is -2.88. The number of rotatable bonds is 5. The first kappa shape index (κ1) is 17.5. The molecule has 0 saturated carbocycles. The number of amides is 1. The lowest BCUT2D eigenvalue weighted by Gasteiger charge is -2.08. The summed E-state index contributed by atoms with van der Waals surface area (Å²) in [7, 11) is 0. The van der Waals surface area contributed by atoms with Crippen LogP contribution in [0, 0.1) is 13.8 Å². The number of hydrogen-bond donors (Lipinski definition) is 1. The first-order chi connectivity index (χ1) is 11.5. The summed E-state index contributed by atoms with van der Waals surface area (Å²) in [5.41, 5.74) is 4.29. The molecule has 2 aromatic carbocycles. The maximum atomic E-state index is 12.3. The second kappa shape index (κ2) is 8.11. The van der Waals surface area contributed by atoms with Crippen LogP contribution in [-0.2, 0) is 9.53 Å². The molecule has 4 nitrogen and oxygen atoms in total. The van der Waals surface area contributed by atoms with E-state index in [0.717, 1.165) is 16.7 Å². The van der Waals surface area contributed by atoms with E-state index < -0.39 is 0 Å². The first-order valence-corrected chi connectivity index (χ1v) is 7.83. The van der Waals surface area contributed by atoms with Gasteiger partial charge in [-0.1, -0.05) is 29.8 Å². The number of aryl methyl sites for hydroxylation is 2. The third kappa shape index (κ3) is 4.81. The van der Waals surface area contributed by atoms with Gasteiger partial charge in [-0.2, -0.15) is 0 Å². The number of benzene rings is 2. The van der Waals surface area contributed by atoms with Gasteiger partial charge >= 0.3 is 5.97 Å². The van der Waals surface area contributed by atoms with Crippen molar-refractivity contribution in [2.24, 2.45) is 0 Å². The van der Waals surface area contributed by atoms with Crippen LogP contribution in [0.4, 0.5) is 5.69 Å². The Labute approximate surface area is 142 Å². The molecule has 0 aliphatic heterocycles. The van der Waals surface area contributed by atoms with Gasteiger partial charge in [0.2, 0.25) is 0 Å². The fourth-order valence-corrected chi connectivity index (χ4v) is 2.30. The molecule has 4 heteroatoms. The van der Waals surface area contributed by atoms with Crippen LogP contribution in [0.15, 0.2) is 48.5 Å². The monoisotopic (exact) mass is 323 g/mol. The summed E-state index contributed by atoms with van der Waals surface area (Å²) in [6.45, 7) is 6.04. The van der Waals surface area contributed by atoms with Crippen molar-refractivity contribution in [3.05, 3.63) is 70.8 Å². The molecule has 0 atom stereocenters. The van der Waals surface area contributed by atoms with E-state index in [1.165, 1.54) is 6.08 Å². The molecular weight excluding hydrogens is 302 g/mol. The maximum absolute atomic E-state index is 12.3. The van der Waals surface area contributed by atoms with Gasteiger partial charge in [0.15, 0.2) is 0 Å². The minimum Gasteiger partial charge on any atom is -0.463 e. The predicted octanol–water partition coefficient (Wildman–Crippen LogP) is 4.13. The highest BCUT2D eigenvalue weighted by atomic mass is 16.5. The highest BCUT2D eigenvalue weighted by Gasteiger charge is 2.09. The van der Waals surface area contributed by atoms with Gasteiger partial charge in [0.1, 0.15) is 0 Å². The molecule has 24 heavy (non-hydrogen) atoms. The summed E-state index contributed by atoms with van der Waals surface area (Å²) in [6.07, 6.45) is 3.06. The first-order valence-electron chi connectivity index (χ1n) is 7.83. The van der Waals surface area contributed by atoms with Crippen LogP contribution in [0.1, 0.15) is 34.0 Å². The SMILES string of the molecule is CCOC(=O)/C=C/c1ccc(NC(=O)c2ccc(C)cc2C)cc1. The minimum absolute atomic E-state index is 0.137. The second-order valence-corrected chi connectivity index (χ2v) is 5.48. The number of ether oxygens (including phenoxy) is 1. The molecule has 0 spiro atoms. The molecule has 2 aromatic rings. The standard InChI is InChI=1S/C20H21NO3/c1-4-24-19(22)12-8-16-6-9-17(10-7-16)21-20(23)18-11-5-14(2)13-15(18)3/h5-13H,4H2,1-3H3,(H,21,23)/b12-8+. The Bertz CT molecular complexity index is 761. The van der Waals surface area contributed by atoms with Crippen molar-refractivity contribution in [3.8, 4) is 0 Å². The molecule has 0 aliphatic carbocycles. The third-order valence-corrected chi connectivity index (χ3v) is 3.49. The number of hydrogen-bond acceptors (Lipinski definition) is 3. The lowest BCUT2D eigenvalue weighted by Crippen LogP contribution is -2.13. The summed E-state index contributed by atoms with van der Waals surface area (Å²) in [5.74, 6) is -0.507. The fraction of sp³-hybridized carbons (Fsp3) is 0.200. The minimum atomic E-state index is -0.371. The van der Waals surface area contributed by atoms with E-state index in [4.69, 9.17) is 4.74 Å². The topological polar surface area (TPSA) is 55.4 Å². The Morgan fingerprint density at radius 3 is 2.42 bits per heavy atom. The number of nitrogens with one attached hydrogen (secondary N) is 1. The molecule has 0 unspecified atom stereocenters. The van der Waals surface area contributed by atoms with Gasteiger partial charge in [-0.15, -0.1) is 0 Å². The average Bonchev–Trinajstić information content (AvgIpc) is 2.54. The zero-order chi connectivity index (χ0) is 17.5. The molecule has 2 rings (SSSR count). The van der Waals surface area contributed by atoms with E-state index in [-0.39, 0.29) is 11.9 Å². The second-order valence-electron chi connectivity index (χ2n) is 5.48. The molecule has 1 N–H and O–H groups in total. The Morgan fingerprint density at radius 2 is 1.79 bits per heavy atom. The zero-order valence-electron chi connectivity index (χ0n) is 14.1. The van der Waals surface area contributed by atoms with Crippen LogP contribution in [0.2, 0.25) is 0 Å². The summed E-state index contributed by atoms with van der Waals surface area (Å²) in [4.78, 5) is 23.6. The Balaban J connectivity index is 2.03. The Morgan fingerprint density at radius 1 is 1.08 bits per heavy atom. The number of carbonyl (C=O) groups excluding carboxylic acids is 2. The zero-order valence-corrected chi connectivity index (χ0v) is 14.1. The highest BCUT2D eigenvalue weighted by molar-refractivity contribution is 6.05. The van der Waals surface area contributed by atoms with Crippen LogP contribution in [0.5, 0.6) is 0 Å². The lowest BCUT2D eigenvalue weighted by atomic mass is 10.1. The van der Waals surface area contributed by atoms with Crippen molar-refractivity contribution in [2.75, 3.05) is 11.9 Å². The maximum Gasteiger partial charge on any atom is 0.330 e. The summed E-state index contributed by atoms with van der Waals surface area (Å²) in [5, 5.41) is 2.88. The predicted molar refractivity (Wildman–Crippen MR) is 96.0 cm³/mol. The fourth-order valence-electron chi connectivity index (χ4n) is 2.30. The van der Waals surface area contributed by atoms with Crippen molar-refractivity contribution in [3.63, 3.8) is 0 Å². The van der Waals surface area contributed by atoms with Gasteiger partial charge in [0.05, 0.1) is 6.61 Å². The molecule has 0 aliphatic rings. The van der Waals surface area contributed by atoms with E-state index in [0.29, 0.717) is 17.9 Å². The normalized spacial score (nSPS) is 10.6. The summed E-state index contributed by atoms with van der Waals surface area (Å²) >= 11 is 0. The van der Waals surface area contributed by atoms with E-state index in [1.807, 2.05) is 44.2 Å². The average molecular weight is 323 g/mol. The smallest absolute Gasteiger partial charge is 0.330 e. The van der Waals surface area contributed by atoms with Crippen LogP contribution in [-0.4, -0.2) is 18.5 Å². The highest BCUT2D eigenvalue weighted by Crippen LogP contribution is 2.15. The van der Waals surface area contributed by atoms with Crippen LogP contribution in [0.3, 0.4) is 0 Å². The summed E-state index contributed by atoms with van der Waals surface area (Å²) < 4.78 is 4.83. The quantitative estimate of drug-likeness (QED) is 0.665. The van der Waals surface area contributed by atoms with Crippen LogP contribution >= 0.6 is 0 Å². The van der Waals surface area contributed by atoms with Gasteiger partial charge < -0.3 is 10.1 Å². The van der Waals surface area contributed by atoms with Crippen molar-refractivity contribution in [2.45, 2.75) is 20.8 Å². The van der Waals surface area contributed by atoms with E-state index in [9.17, 15) is 9.59 Å². The molecule has 124 valence electrons.